The Morgan fingerprint density at radius 3 is 2.53 bits per heavy atom. The van der Waals surface area contributed by atoms with Crippen molar-refractivity contribution < 1.29 is 21.5 Å². The molecule has 0 radical (unpaired) electrons. The number of isothiocyanates is 1. The van der Waals surface area contributed by atoms with Gasteiger partial charge in [-0.15, -0.1) is 0 Å². The topological polar surface area (TPSA) is 12.4 Å². The molecule has 0 atom stereocenters. The summed E-state index contributed by atoms with van der Waals surface area (Å²) in [5.41, 5.74) is 2.33. The molecule has 3 fully saturated rings. The fourth-order valence-electron chi connectivity index (χ4n) is 3.54. The summed E-state index contributed by atoms with van der Waals surface area (Å²) < 4.78 is 1.29. The number of quaternary nitrogens is 1. The Morgan fingerprint density at radius 2 is 1.89 bits per heavy atom. The number of aliphatic imine (C=N–C) groups is 1. The van der Waals surface area contributed by atoms with Gasteiger partial charge in [-0.1, -0.05) is 12.1 Å². The minimum absolute atomic E-state index is 0. The first-order valence-electron chi connectivity index (χ1n) is 6.82. The van der Waals surface area contributed by atoms with Crippen molar-refractivity contribution in [3.05, 3.63) is 29.8 Å². The summed E-state index contributed by atoms with van der Waals surface area (Å²) in [6.07, 6.45) is 4.29. The normalized spacial score (nSPS) is 28.3. The first-order chi connectivity index (χ1) is 8.80. The molecule has 0 aliphatic carbocycles. The summed E-state index contributed by atoms with van der Waals surface area (Å²) in [6, 6.07) is 8.45. The van der Waals surface area contributed by atoms with Crippen LogP contribution in [-0.4, -0.2) is 29.3 Å². The molecule has 0 unspecified atom stereocenters. The Balaban J connectivity index is 0.00000133. The van der Waals surface area contributed by atoms with Crippen LogP contribution in [0.3, 0.4) is 0 Å². The van der Waals surface area contributed by atoms with E-state index in [1.165, 1.54) is 48.9 Å². The summed E-state index contributed by atoms with van der Waals surface area (Å²) in [5, 5.41) is 2.45. The van der Waals surface area contributed by atoms with Crippen molar-refractivity contribution in [2.45, 2.75) is 25.8 Å². The summed E-state index contributed by atoms with van der Waals surface area (Å²) in [4.78, 5) is 4.08. The van der Waals surface area contributed by atoms with Crippen molar-refractivity contribution >= 4 is 23.1 Å². The summed E-state index contributed by atoms with van der Waals surface area (Å²) >= 11 is 4.67. The Labute approximate surface area is 130 Å². The molecule has 4 heteroatoms. The van der Waals surface area contributed by atoms with Gasteiger partial charge in [0.1, 0.15) is 6.54 Å². The highest BCUT2D eigenvalue weighted by Gasteiger charge is 2.39. The molecule has 0 aromatic heterocycles. The molecule has 3 aliphatic heterocycles. The summed E-state index contributed by atoms with van der Waals surface area (Å²) in [6.45, 7) is 5.26. The summed E-state index contributed by atoms with van der Waals surface area (Å²) in [5.74, 6) is 1.02. The average molecular weight is 339 g/mol. The van der Waals surface area contributed by atoms with Crippen LogP contribution in [0.5, 0.6) is 0 Å². The highest BCUT2D eigenvalue weighted by molar-refractivity contribution is 7.78. The number of benzene rings is 1. The molecule has 0 amide bonds. The third kappa shape index (κ3) is 3.32. The van der Waals surface area contributed by atoms with E-state index in [4.69, 9.17) is 0 Å². The van der Waals surface area contributed by atoms with E-state index in [0.717, 1.165) is 18.2 Å². The van der Waals surface area contributed by atoms with Crippen LogP contribution in [0.25, 0.3) is 0 Å². The van der Waals surface area contributed by atoms with Crippen molar-refractivity contribution in [2.75, 3.05) is 19.6 Å². The van der Waals surface area contributed by atoms with Gasteiger partial charge in [-0.2, -0.15) is 4.99 Å². The maximum atomic E-state index is 4.67. The number of hydrogen-bond donors (Lipinski definition) is 0. The number of hydrogen-bond acceptors (Lipinski definition) is 2. The Bertz CT molecular complexity index is 475. The molecule has 0 saturated carbocycles. The van der Waals surface area contributed by atoms with Gasteiger partial charge in [0, 0.05) is 5.56 Å². The van der Waals surface area contributed by atoms with E-state index >= 15 is 0 Å². The molecule has 102 valence electrons. The summed E-state index contributed by atoms with van der Waals surface area (Å²) in [7, 11) is 0. The van der Waals surface area contributed by atoms with Gasteiger partial charge in [-0.05, 0) is 49.5 Å². The number of piperidine rings is 3. The first-order valence-corrected chi connectivity index (χ1v) is 7.22. The third-order valence-electron chi connectivity index (χ3n) is 4.64. The fraction of sp³-hybridized carbons (Fsp3) is 0.533. The van der Waals surface area contributed by atoms with Crippen LogP contribution in [0.15, 0.2) is 29.3 Å². The zero-order chi connectivity index (χ0) is 12.4. The van der Waals surface area contributed by atoms with Gasteiger partial charge in [-0.3, -0.25) is 0 Å². The van der Waals surface area contributed by atoms with Crippen LogP contribution in [0.2, 0.25) is 0 Å². The number of rotatable bonds is 3. The van der Waals surface area contributed by atoms with E-state index in [1.807, 2.05) is 6.07 Å². The molecular formula is C15H19BrN2S. The Morgan fingerprint density at radius 1 is 1.21 bits per heavy atom. The van der Waals surface area contributed by atoms with E-state index in [2.05, 4.69) is 40.6 Å². The van der Waals surface area contributed by atoms with Gasteiger partial charge < -0.3 is 21.5 Å². The predicted molar refractivity (Wildman–Crippen MR) is 77.0 cm³/mol. The predicted octanol–water partition coefficient (Wildman–Crippen LogP) is 0.555. The van der Waals surface area contributed by atoms with Crippen LogP contribution >= 0.6 is 12.2 Å². The van der Waals surface area contributed by atoms with Gasteiger partial charge >= 0.3 is 0 Å². The van der Waals surface area contributed by atoms with Crippen molar-refractivity contribution in [3.63, 3.8) is 0 Å². The van der Waals surface area contributed by atoms with Crippen molar-refractivity contribution in [1.82, 2.24) is 0 Å². The lowest BCUT2D eigenvalue weighted by Crippen LogP contribution is -3.00. The van der Waals surface area contributed by atoms with Gasteiger partial charge in [0.15, 0.2) is 0 Å². The Hall–Kier alpha value is -0.540. The lowest BCUT2D eigenvalue weighted by atomic mass is 9.85. The molecule has 3 heterocycles. The molecular weight excluding hydrogens is 320 g/mol. The van der Waals surface area contributed by atoms with Gasteiger partial charge in [0.25, 0.3) is 0 Å². The second kappa shape index (κ2) is 6.27. The monoisotopic (exact) mass is 338 g/mol. The van der Waals surface area contributed by atoms with Crippen LogP contribution < -0.4 is 17.0 Å². The van der Waals surface area contributed by atoms with Crippen LogP contribution in [0.1, 0.15) is 24.8 Å². The SMILES string of the molecule is S=C=Nc1cccc(C[N+]23CCC(CC2)CC3)c1.[Br-]. The second-order valence-corrected chi connectivity index (χ2v) is 5.96. The Kier molecular flexibility index (Phi) is 4.91. The highest BCUT2D eigenvalue weighted by Crippen LogP contribution is 2.35. The van der Waals surface area contributed by atoms with Crippen molar-refractivity contribution in [2.24, 2.45) is 10.9 Å². The van der Waals surface area contributed by atoms with E-state index in [1.54, 1.807) is 0 Å². The molecule has 1 aromatic carbocycles. The quantitative estimate of drug-likeness (QED) is 0.445. The van der Waals surface area contributed by atoms with Gasteiger partial charge in [-0.25, -0.2) is 0 Å². The van der Waals surface area contributed by atoms with Crippen molar-refractivity contribution in [1.29, 1.82) is 0 Å². The molecule has 0 spiro atoms. The van der Waals surface area contributed by atoms with Gasteiger partial charge in [0.2, 0.25) is 0 Å². The molecule has 4 rings (SSSR count). The van der Waals surface area contributed by atoms with Crippen molar-refractivity contribution in [3.8, 4) is 0 Å². The second-order valence-electron chi connectivity index (χ2n) is 5.78. The highest BCUT2D eigenvalue weighted by atomic mass is 79.9. The standard InChI is InChI=1S/C15H19N2S.BrH/c18-12-16-15-3-1-2-14(10-15)11-17-7-4-13(5-8-17)6-9-17;/h1-3,10,13H,4-9,11H2;1H/q+1;/p-1. The average Bonchev–Trinajstić information content (AvgIpc) is 2.41. The number of fused-ring (bicyclic) bond motifs is 3. The van der Waals surface area contributed by atoms with E-state index in [9.17, 15) is 0 Å². The fourth-order valence-corrected chi connectivity index (χ4v) is 3.64. The van der Waals surface area contributed by atoms with E-state index in [-0.39, 0.29) is 17.0 Å². The molecule has 19 heavy (non-hydrogen) atoms. The number of nitrogens with zero attached hydrogens (tertiary/aromatic N) is 2. The molecule has 3 saturated heterocycles. The van der Waals surface area contributed by atoms with Crippen LogP contribution in [0, 0.1) is 5.92 Å². The lowest BCUT2D eigenvalue weighted by molar-refractivity contribution is -0.955. The van der Waals surface area contributed by atoms with Crippen LogP contribution in [-0.2, 0) is 6.54 Å². The number of halogens is 1. The molecule has 2 nitrogen and oxygen atoms in total. The third-order valence-corrected chi connectivity index (χ3v) is 4.73. The van der Waals surface area contributed by atoms with Gasteiger partial charge in [0.05, 0.1) is 30.5 Å². The minimum Gasteiger partial charge on any atom is -1.00 e. The van der Waals surface area contributed by atoms with Crippen LogP contribution in [0.4, 0.5) is 5.69 Å². The molecule has 3 aliphatic rings. The maximum absolute atomic E-state index is 4.67. The lowest BCUT2D eigenvalue weighted by Gasteiger charge is -2.49. The molecule has 0 N–H and O–H groups in total. The minimum atomic E-state index is 0. The first kappa shape index (κ1) is 14.9. The zero-order valence-electron chi connectivity index (χ0n) is 11.0. The maximum Gasteiger partial charge on any atom is 0.104 e. The molecule has 2 bridgehead atoms. The smallest absolute Gasteiger partial charge is 0.104 e. The zero-order valence-corrected chi connectivity index (χ0v) is 13.4. The van der Waals surface area contributed by atoms with E-state index < -0.39 is 0 Å². The number of thiocarbonyl (C=S) groups is 1. The van der Waals surface area contributed by atoms with E-state index in [0.29, 0.717) is 0 Å². The largest absolute Gasteiger partial charge is 1.00 e. The molecule has 1 aromatic rings.